The minimum atomic E-state index is -1.25. The lowest BCUT2D eigenvalue weighted by molar-refractivity contribution is -0.306. The van der Waals surface area contributed by atoms with Crippen LogP contribution in [0.15, 0.2) is 35.7 Å². The number of aliphatic carboxylic acids is 1. The van der Waals surface area contributed by atoms with E-state index in [1.165, 1.54) is 18.4 Å². The maximum absolute atomic E-state index is 12.2. The van der Waals surface area contributed by atoms with E-state index in [9.17, 15) is 14.7 Å². The van der Waals surface area contributed by atoms with Crippen LogP contribution in [0, 0.1) is 0 Å². The van der Waals surface area contributed by atoms with Crippen molar-refractivity contribution in [1.29, 1.82) is 0 Å². The molecule has 6 nitrogen and oxygen atoms in total. The van der Waals surface area contributed by atoms with E-state index in [1.54, 1.807) is 35.7 Å². The van der Waals surface area contributed by atoms with Gasteiger partial charge in [0.15, 0.2) is 11.5 Å². The first kappa shape index (κ1) is 17.8. The molecule has 7 heteroatoms. The van der Waals surface area contributed by atoms with E-state index in [-0.39, 0.29) is 12.3 Å². The molecule has 1 heterocycles. The molecule has 1 amide bonds. The van der Waals surface area contributed by atoms with Gasteiger partial charge >= 0.3 is 0 Å². The molecule has 0 radical (unpaired) electrons. The number of carbonyl (C=O) groups is 2. The molecule has 1 unspecified atom stereocenters. The van der Waals surface area contributed by atoms with Gasteiger partial charge in [-0.15, -0.1) is 11.3 Å². The Balaban J connectivity index is 2.26. The molecule has 0 aliphatic heterocycles. The number of hydrogen-bond acceptors (Lipinski definition) is 6. The van der Waals surface area contributed by atoms with Crippen LogP contribution in [0.4, 0.5) is 0 Å². The number of carbonyl (C=O) groups excluding carboxylic acids is 2. The predicted octanol–water partition coefficient (Wildman–Crippen LogP) is 1.77. The van der Waals surface area contributed by atoms with Crippen LogP contribution in [-0.4, -0.2) is 25.6 Å². The number of hydrogen-bond donors (Lipinski definition) is 1. The maximum atomic E-state index is 12.2. The number of benzene rings is 1. The molecule has 2 aromatic rings. The normalized spacial score (nSPS) is 11.6. The van der Waals surface area contributed by atoms with Gasteiger partial charge in [0.2, 0.25) is 0 Å². The molecule has 0 fully saturated rings. The molecule has 2 rings (SSSR count). The van der Waals surface area contributed by atoms with Crippen molar-refractivity contribution in [1.82, 2.24) is 5.32 Å². The third-order valence-corrected chi connectivity index (χ3v) is 4.18. The SMILES string of the molecule is CCOc1ccc(C(CC(=O)[O-])NC(=O)c2cccs2)cc1OC. The van der Waals surface area contributed by atoms with Crippen molar-refractivity contribution in [3.63, 3.8) is 0 Å². The van der Waals surface area contributed by atoms with Gasteiger partial charge in [-0.1, -0.05) is 12.1 Å². The first-order valence-corrected chi connectivity index (χ1v) is 8.28. The van der Waals surface area contributed by atoms with Crippen molar-refractivity contribution in [2.45, 2.75) is 19.4 Å². The highest BCUT2D eigenvalue weighted by Crippen LogP contribution is 2.31. The number of amides is 1. The fraction of sp³-hybridized carbons (Fsp3) is 0.294. The van der Waals surface area contributed by atoms with Gasteiger partial charge in [0, 0.05) is 12.4 Å². The molecule has 0 saturated heterocycles. The average molecular weight is 348 g/mol. The Hall–Kier alpha value is -2.54. The molecule has 0 spiro atoms. The zero-order chi connectivity index (χ0) is 17.5. The summed E-state index contributed by atoms with van der Waals surface area (Å²) in [5, 5.41) is 15.6. The monoisotopic (exact) mass is 348 g/mol. The molecule has 1 N–H and O–H groups in total. The highest BCUT2D eigenvalue weighted by molar-refractivity contribution is 7.12. The van der Waals surface area contributed by atoms with E-state index in [4.69, 9.17) is 9.47 Å². The van der Waals surface area contributed by atoms with Gasteiger partial charge in [-0.2, -0.15) is 0 Å². The summed E-state index contributed by atoms with van der Waals surface area (Å²) in [6, 6.07) is 7.76. The van der Waals surface area contributed by atoms with E-state index in [2.05, 4.69) is 5.32 Å². The lowest BCUT2D eigenvalue weighted by Crippen LogP contribution is -2.34. The molecule has 24 heavy (non-hydrogen) atoms. The molecular weight excluding hydrogens is 330 g/mol. The number of carboxylic acid groups (broad SMARTS) is 1. The number of thiophene rings is 1. The molecule has 0 bridgehead atoms. The second-order valence-corrected chi connectivity index (χ2v) is 5.87. The minimum absolute atomic E-state index is 0.330. The minimum Gasteiger partial charge on any atom is -0.550 e. The number of rotatable bonds is 8. The van der Waals surface area contributed by atoms with Crippen LogP contribution in [0.5, 0.6) is 11.5 Å². The Morgan fingerprint density at radius 3 is 2.67 bits per heavy atom. The van der Waals surface area contributed by atoms with Gasteiger partial charge in [0.05, 0.1) is 24.6 Å². The standard InChI is InChI=1S/C17H19NO5S/c1-3-23-13-7-6-11(9-14(13)22-2)12(10-16(19)20)18-17(21)15-5-4-8-24-15/h4-9,12H,3,10H2,1-2H3,(H,18,21)(H,19,20)/p-1. The van der Waals surface area contributed by atoms with Crippen molar-refractivity contribution in [2.24, 2.45) is 0 Å². The van der Waals surface area contributed by atoms with Gasteiger partial charge in [-0.05, 0) is 36.1 Å². The number of carboxylic acids is 1. The Bertz CT molecular complexity index is 699. The third kappa shape index (κ3) is 4.48. The van der Waals surface area contributed by atoms with Crippen molar-refractivity contribution in [3.05, 3.63) is 46.2 Å². The molecule has 1 aromatic carbocycles. The topological polar surface area (TPSA) is 87.7 Å². The zero-order valence-corrected chi connectivity index (χ0v) is 14.2. The first-order chi connectivity index (χ1) is 11.5. The summed E-state index contributed by atoms with van der Waals surface area (Å²) < 4.78 is 10.7. The van der Waals surface area contributed by atoms with Crippen LogP contribution in [0.2, 0.25) is 0 Å². The quantitative estimate of drug-likeness (QED) is 0.785. The summed E-state index contributed by atoms with van der Waals surface area (Å²) in [7, 11) is 1.50. The number of nitrogens with one attached hydrogen (secondary N) is 1. The largest absolute Gasteiger partial charge is 0.550 e. The highest BCUT2D eigenvalue weighted by Gasteiger charge is 2.18. The molecule has 1 aromatic heterocycles. The van der Waals surface area contributed by atoms with Crippen molar-refractivity contribution in [2.75, 3.05) is 13.7 Å². The van der Waals surface area contributed by atoms with E-state index >= 15 is 0 Å². The Labute approximate surface area is 144 Å². The summed E-state index contributed by atoms with van der Waals surface area (Å²) in [4.78, 5) is 23.8. The smallest absolute Gasteiger partial charge is 0.261 e. The zero-order valence-electron chi connectivity index (χ0n) is 13.4. The second-order valence-electron chi connectivity index (χ2n) is 4.92. The molecule has 0 aliphatic carbocycles. The fourth-order valence-corrected chi connectivity index (χ4v) is 2.86. The summed E-state index contributed by atoms with van der Waals surface area (Å²) >= 11 is 1.28. The lowest BCUT2D eigenvalue weighted by Gasteiger charge is -2.21. The summed E-state index contributed by atoms with van der Waals surface area (Å²) in [5.41, 5.74) is 0.601. The lowest BCUT2D eigenvalue weighted by atomic mass is 10.0. The summed E-state index contributed by atoms with van der Waals surface area (Å²) in [6.45, 7) is 2.33. The number of ether oxygens (including phenoxy) is 2. The Morgan fingerprint density at radius 2 is 2.08 bits per heavy atom. The van der Waals surface area contributed by atoms with E-state index < -0.39 is 12.0 Å². The highest BCUT2D eigenvalue weighted by atomic mass is 32.1. The van der Waals surface area contributed by atoms with Crippen molar-refractivity contribution in [3.8, 4) is 11.5 Å². The third-order valence-electron chi connectivity index (χ3n) is 3.31. The van der Waals surface area contributed by atoms with Crippen LogP contribution in [-0.2, 0) is 4.79 Å². The first-order valence-electron chi connectivity index (χ1n) is 7.40. The van der Waals surface area contributed by atoms with Gasteiger partial charge in [0.25, 0.3) is 5.91 Å². The molecule has 0 saturated carbocycles. The molecule has 1 atom stereocenters. The fourth-order valence-electron chi connectivity index (χ4n) is 2.23. The van der Waals surface area contributed by atoms with Gasteiger partial charge < -0.3 is 24.7 Å². The van der Waals surface area contributed by atoms with Crippen LogP contribution in [0.3, 0.4) is 0 Å². The summed E-state index contributed by atoms with van der Waals surface area (Å²) in [5.74, 6) is -0.549. The van der Waals surface area contributed by atoms with Gasteiger partial charge in [0.1, 0.15) is 0 Å². The van der Waals surface area contributed by atoms with E-state index in [0.717, 1.165) is 0 Å². The molecular formula is C17H18NO5S-. The van der Waals surface area contributed by atoms with Gasteiger partial charge in [-0.3, -0.25) is 4.79 Å². The Morgan fingerprint density at radius 1 is 1.29 bits per heavy atom. The maximum Gasteiger partial charge on any atom is 0.261 e. The van der Waals surface area contributed by atoms with E-state index in [0.29, 0.717) is 28.5 Å². The molecule has 128 valence electrons. The van der Waals surface area contributed by atoms with Crippen molar-refractivity contribution < 1.29 is 24.2 Å². The predicted molar refractivity (Wildman–Crippen MR) is 88.3 cm³/mol. The van der Waals surface area contributed by atoms with Crippen LogP contribution < -0.4 is 19.9 Å². The second kappa shape index (κ2) is 8.35. The average Bonchev–Trinajstić information content (AvgIpc) is 3.09. The number of methoxy groups -OCH3 is 1. The van der Waals surface area contributed by atoms with Gasteiger partial charge in [-0.25, -0.2) is 0 Å². The Kier molecular flexibility index (Phi) is 6.20. The summed E-state index contributed by atoms with van der Waals surface area (Å²) in [6.07, 6.45) is -0.339. The van der Waals surface area contributed by atoms with Crippen LogP contribution in [0.25, 0.3) is 0 Å². The van der Waals surface area contributed by atoms with Crippen molar-refractivity contribution >= 4 is 23.2 Å². The van der Waals surface area contributed by atoms with Crippen LogP contribution in [0.1, 0.15) is 34.6 Å². The van der Waals surface area contributed by atoms with E-state index in [1.807, 2.05) is 6.92 Å². The molecule has 0 aliphatic rings. The van der Waals surface area contributed by atoms with Crippen LogP contribution >= 0.6 is 11.3 Å².